The van der Waals surface area contributed by atoms with Crippen LogP contribution in [0.5, 0.6) is 0 Å². The van der Waals surface area contributed by atoms with Crippen LogP contribution in [0.15, 0.2) is 132 Å². The van der Waals surface area contributed by atoms with E-state index in [-0.39, 0.29) is 0 Å². The van der Waals surface area contributed by atoms with Gasteiger partial charge < -0.3 is 22.9 Å². The molecule has 0 spiro atoms. The summed E-state index contributed by atoms with van der Waals surface area (Å²) in [4.78, 5) is 0. The number of rotatable bonds is 3. The molecule has 48 heavy (non-hydrogen) atoms. The third kappa shape index (κ3) is 3.70. The fourth-order valence-corrected chi connectivity index (χ4v) is 7.72. The van der Waals surface area contributed by atoms with Gasteiger partial charge in [-0.2, -0.15) is 0 Å². The van der Waals surface area contributed by atoms with Crippen LogP contribution in [0.25, 0.3) is 76.9 Å². The highest BCUT2D eigenvalue weighted by atomic mass is 16.7. The number of hydrogen-bond donors (Lipinski definition) is 0. The minimum atomic E-state index is -0.518. The minimum absolute atomic E-state index is 0.446. The molecule has 5 nitrogen and oxygen atoms in total. The van der Waals surface area contributed by atoms with Crippen LogP contribution in [0.1, 0.15) is 27.7 Å². The van der Waals surface area contributed by atoms with Crippen LogP contribution in [0.4, 0.5) is 0 Å². The molecule has 3 aromatic heterocycles. The van der Waals surface area contributed by atoms with Crippen LogP contribution in [0, 0.1) is 0 Å². The molecule has 10 rings (SSSR count). The van der Waals surface area contributed by atoms with Gasteiger partial charge in [-0.05, 0) is 70.2 Å². The molecule has 0 atom stereocenters. The van der Waals surface area contributed by atoms with Crippen molar-refractivity contribution in [2.75, 3.05) is 0 Å². The van der Waals surface area contributed by atoms with Crippen molar-refractivity contribution in [2.24, 2.45) is 0 Å². The van der Waals surface area contributed by atoms with E-state index in [1.165, 1.54) is 32.6 Å². The lowest BCUT2D eigenvalue weighted by Crippen LogP contribution is -2.41. The van der Waals surface area contributed by atoms with Gasteiger partial charge in [0.2, 0.25) is 0 Å². The van der Waals surface area contributed by atoms with Crippen molar-refractivity contribution < 1.29 is 13.7 Å². The molecule has 1 aliphatic heterocycles. The number of para-hydroxylation sites is 5. The van der Waals surface area contributed by atoms with Gasteiger partial charge in [0.1, 0.15) is 5.58 Å². The van der Waals surface area contributed by atoms with E-state index in [0.717, 1.165) is 49.8 Å². The van der Waals surface area contributed by atoms with Crippen molar-refractivity contribution in [1.82, 2.24) is 9.13 Å². The lowest BCUT2D eigenvalue weighted by Gasteiger charge is -2.32. The average molecular weight is 625 g/mol. The van der Waals surface area contributed by atoms with Gasteiger partial charge in [-0.3, -0.25) is 0 Å². The van der Waals surface area contributed by atoms with Gasteiger partial charge in [0.25, 0.3) is 0 Å². The highest BCUT2D eigenvalue weighted by Crippen LogP contribution is 2.41. The molecule has 1 saturated heterocycles. The number of benzene rings is 6. The Labute approximate surface area is 278 Å². The predicted molar refractivity (Wildman–Crippen MR) is 198 cm³/mol. The Balaban J connectivity index is 1.21. The number of furan rings is 1. The fourth-order valence-electron chi connectivity index (χ4n) is 7.72. The summed E-state index contributed by atoms with van der Waals surface area (Å²) >= 11 is 0. The van der Waals surface area contributed by atoms with Gasteiger partial charge in [-0.25, -0.2) is 0 Å². The van der Waals surface area contributed by atoms with Crippen molar-refractivity contribution in [3.63, 3.8) is 0 Å². The summed E-state index contributed by atoms with van der Waals surface area (Å²) in [6.07, 6.45) is 0. The molecule has 9 aromatic rings. The number of hydrogen-bond acceptors (Lipinski definition) is 3. The fraction of sp³-hybridized carbons (Fsp3) is 0.143. The van der Waals surface area contributed by atoms with E-state index < -0.39 is 18.3 Å². The van der Waals surface area contributed by atoms with Gasteiger partial charge in [-0.15, -0.1) is 0 Å². The van der Waals surface area contributed by atoms with E-state index in [1.807, 2.05) is 0 Å². The first kappa shape index (κ1) is 27.8. The van der Waals surface area contributed by atoms with Crippen LogP contribution in [-0.2, 0) is 9.31 Å². The lowest BCUT2D eigenvalue weighted by atomic mass is 9.78. The Morgan fingerprint density at radius 1 is 0.458 bits per heavy atom. The maximum Gasteiger partial charge on any atom is 0.498 e. The Morgan fingerprint density at radius 3 is 1.60 bits per heavy atom. The predicted octanol–water partition coefficient (Wildman–Crippen LogP) is 10.1. The van der Waals surface area contributed by atoms with E-state index >= 15 is 0 Å². The Morgan fingerprint density at radius 2 is 0.958 bits per heavy atom. The van der Waals surface area contributed by atoms with Crippen molar-refractivity contribution in [3.05, 3.63) is 127 Å². The van der Waals surface area contributed by atoms with Crippen molar-refractivity contribution >= 4 is 78.1 Å². The Kier molecular flexibility index (Phi) is 5.57. The zero-order valence-corrected chi connectivity index (χ0v) is 27.3. The van der Waals surface area contributed by atoms with Crippen LogP contribution in [-0.4, -0.2) is 27.5 Å². The largest absolute Gasteiger partial charge is 0.498 e. The SMILES string of the molecule is CC1(C)OB(c2cccc3c2oc2c(-n4c5ccccc5c5cc(-n6c7ccccc7c7ccccc76)ccc54)cccc23)OC1(C)C. The van der Waals surface area contributed by atoms with Gasteiger partial charge in [-0.1, -0.05) is 84.9 Å². The summed E-state index contributed by atoms with van der Waals surface area (Å²) in [5.74, 6) is 0. The standard InChI is InChI=1S/C42H33BN2O3/c1-41(2)42(3,4)48-43(47-41)33-18-11-16-30-31-17-12-22-38(40(31)46-39(30)33)45-36-21-10-7-15-29(36)32-25-26(23-24-37(32)45)44-34-19-8-5-13-27(34)28-14-6-9-20-35(28)44/h5-25H,1-4H3. The van der Waals surface area contributed by atoms with E-state index in [1.54, 1.807) is 0 Å². The number of aromatic nitrogens is 2. The molecular weight excluding hydrogens is 591 g/mol. The molecule has 0 radical (unpaired) electrons. The van der Waals surface area contributed by atoms with Gasteiger partial charge >= 0.3 is 7.12 Å². The maximum absolute atomic E-state index is 6.88. The number of fused-ring (bicyclic) bond motifs is 9. The summed E-state index contributed by atoms with van der Waals surface area (Å²) in [5.41, 5.74) is 8.45. The molecule has 232 valence electrons. The number of nitrogens with zero attached hydrogens (tertiary/aromatic N) is 2. The van der Waals surface area contributed by atoms with Crippen LogP contribution in [0.2, 0.25) is 0 Å². The van der Waals surface area contributed by atoms with Crippen molar-refractivity contribution in [1.29, 1.82) is 0 Å². The Bertz CT molecular complexity index is 2690. The molecule has 6 aromatic carbocycles. The summed E-state index contributed by atoms with van der Waals surface area (Å²) in [5, 5.41) is 7.01. The van der Waals surface area contributed by atoms with Gasteiger partial charge in [0.05, 0.1) is 39.0 Å². The van der Waals surface area contributed by atoms with E-state index in [4.69, 9.17) is 13.7 Å². The van der Waals surface area contributed by atoms with Gasteiger partial charge in [0, 0.05) is 43.5 Å². The minimum Gasteiger partial charge on any atom is -0.454 e. The third-order valence-electron chi connectivity index (χ3n) is 10.8. The lowest BCUT2D eigenvalue weighted by molar-refractivity contribution is 0.00578. The normalized spacial score (nSPS) is 16.0. The van der Waals surface area contributed by atoms with Crippen LogP contribution >= 0.6 is 0 Å². The van der Waals surface area contributed by atoms with E-state index in [0.29, 0.717) is 0 Å². The second-order valence-electron chi connectivity index (χ2n) is 14.0. The molecule has 0 unspecified atom stereocenters. The maximum atomic E-state index is 6.88. The second-order valence-corrected chi connectivity index (χ2v) is 14.0. The molecular formula is C42H33BN2O3. The third-order valence-corrected chi connectivity index (χ3v) is 10.8. The monoisotopic (exact) mass is 624 g/mol. The molecule has 0 N–H and O–H groups in total. The van der Waals surface area contributed by atoms with E-state index in [9.17, 15) is 0 Å². The summed E-state index contributed by atoms with van der Waals surface area (Å²) < 4.78 is 24.6. The van der Waals surface area contributed by atoms with Crippen LogP contribution in [0.3, 0.4) is 0 Å². The first-order chi connectivity index (χ1) is 23.3. The quantitative estimate of drug-likeness (QED) is 0.184. The van der Waals surface area contributed by atoms with Crippen LogP contribution < -0.4 is 5.46 Å². The first-order valence-electron chi connectivity index (χ1n) is 16.6. The molecule has 1 fully saturated rings. The first-order valence-corrected chi connectivity index (χ1v) is 16.6. The molecule has 0 bridgehead atoms. The summed E-state index contributed by atoms with van der Waals surface area (Å²) in [6, 6.07) is 45.5. The van der Waals surface area contributed by atoms with Crippen molar-refractivity contribution in [3.8, 4) is 11.4 Å². The molecule has 6 heteroatoms. The Hall–Kier alpha value is -5.30. The molecule has 0 saturated carbocycles. The van der Waals surface area contributed by atoms with Gasteiger partial charge in [0.15, 0.2) is 5.58 Å². The average Bonchev–Trinajstić information content (AvgIpc) is 3.80. The molecule has 4 heterocycles. The molecule has 1 aliphatic rings. The highest BCUT2D eigenvalue weighted by Gasteiger charge is 2.52. The molecule has 0 amide bonds. The zero-order valence-electron chi connectivity index (χ0n) is 27.3. The summed E-state index contributed by atoms with van der Waals surface area (Å²) in [6.45, 7) is 8.33. The topological polar surface area (TPSA) is 41.5 Å². The zero-order chi connectivity index (χ0) is 32.4. The summed E-state index contributed by atoms with van der Waals surface area (Å²) in [7, 11) is -0.518. The highest BCUT2D eigenvalue weighted by molar-refractivity contribution is 6.65. The smallest absolute Gasteiger partial charge is 0.454 e. The molecule has 0 aliphatic carbocycles. The second kappa shape index (κ2) is 9.63. The van der Waals surface area contributed by atoms with E-state index in [2.05, 4.69) is 164 Å². The van der Waals surface area contributed by atoms with Crippen molar-refractivity contribution in [2.45, 2.75) is 38.9 Å².